The average Bonchev–Trinajstić information content (AvgIpc) is 1.87. The zero-order valence-electron chi connectivity index (χ0n) is 5.92. The molecule has 0 aliphatic heterocycles. The SMILES string of the molecule is Clc1ccccc1.N=C(N)N. The fourth-order valence-electron chi connectivity index (χ4n) is 0.415. The molecule has 0 aliphatic carbocycles. The van der Waals surface area contributed by atoms with Crippen LogP contribution in [-0.2, 0) is 0 Å². The lowest BCUT2D eigenvalue weighted by molar-refractivity contribution is 1.39. The van der Waals surface area contributed by atoms with Crippen LogP contribution in [0.5, 0.6) is 0 Å². The van der Waals surface area contributed by atoms with Gasteiger partial charge in [-0.25, -0.2) is 0 Å². The van der Waals surface area contributed by atoms with Gasteiger partial charge in [-0.3, -0.25) is 5.41 Å². The number of rotatable bonds is 0. The molecule has 0 aliphatic rings. The molecule has 11 heavy (non-hydrogen) atoms. The lowest BCUT2D eigenvalue weighted by atomic mass is 10.4. The van der Waals surface area contributed by atoms with E-state index in [-0.39, 0.29) is 5.96 Å². The third-order valence-corrected chi connectivity index (χ3v) is 0.985. The summed E-state index contributed by atoms with van der Waals surface area (Å²) in [6, 6.07) is 9.44. The van der Waals surface area contributed by atoms with Crippen LogP contribution in [0.15, 0.2) is 30.3 Å². The number of benzene rings is 1. The van der Waals surface area contributed by atoms with Crippen LogP contribution in [0.25, 0.3) is 0 Å². The summed E-state index contributed by atoms with van der Waals surface area (Å²) >= 11 is 5.54. The van der Waals surface area contributed by atoms with Gasteiger partial charge in [0.1, 0.15) is 0 Å². The number of hydrogen-bond acceptors (Lipinski definition) is 1. The standard InChI is InChI=1S/C6H5Cl.CH5N3/c7-6-4-2-1-3-5-6;2-1(3)4/h1-5H;(H5,2,3,4). The van der Waals surface area contributed by atoms with Gasteiger partial charge in [0.05, 0.1) is 0 Å². The van der Waals surface area contributed by atoms with Crippen LogP contribution in [0.3, 0.4) is 0 Å². The Morgan fingerprint density at radius 2 is 1.55 bits per heavy atom. The summed E-state index contributed by atoms with van der Waals surface area (Å²) in [7, 11) is 0. The van der Waals surface area contributed by atoms with Crippen molar-refractivity contribution >= 4 is 17.6 Å². The van der Waals surface area contributed by atoms with E-state index < -0.39 is 0 Å². The fraction of sp³-hybridized carbons (Fsp3) is 0. The smallest absolute Gasteiger partial charge is 0.183 e. The van der Waals surface area contributed by atoms with E-state index in [4.69, 9.17) is 17.0 Å². The van der Waals surface area contributed by atoms with Gasteiger partial charge in [-0.15, -0.1) is 0 Å². The molecular weight excluding hydrogens is 162 g/mol. The minimum Gasteiger partial charge on any atom is -0.370 e. The summed E-state index contributed by atoms with van der Waals surface area (Å²) in [5, 5.41) is 6.85. The van der Waals surface area contributed by atoms with Gasteiger partial charge in [0.2, 0.25) is 0 Å². The fourth-order valence-corrected chi connectivity index (χ4v) is 0.560. The number of halogens is 1. The molecule has 0 radical (unpaired) electrons. The molecule has 0 atom stereocenters. The molecule has 1 aromatic carbocycles. The molecule has 0 heterocycles. The number of nitrogens with one attached hydrogen (secondary N) is 1. The first-order valence-corrected chi connectivity index (χ1v) is 3.30. The first-order chi connectivity index (χ1) is 5.13. The minimum absolute atomic E-state index is 0.333. The Kier molecular flexibility index (Phi) is 4.94. The zero-order valence-corrected chi connectivity index (χ0v) is 6.68. The van der Waals surface area contributed by atoms with Gasteiger partial charge in [-0.2, -0.15) is 0 Å². The first-order valence-electron chi connectivity index (χ1n) is 2.93. The van der Waals surface area contributed by atoms with Crippen LogP contribution in [0.2, 0.25) is 5.02 Å². The van der Waals surface area contributed by atoms with Gasteiger partial charge >= 0.3 is 0 Å². The average molecular weight is 172 g/mol. The molecule has 0 amide bonds. The van der Waals surface area contributed by atoms with Crippen molar-refractivity contribution in [1.29, 1.82) is 5.41 Å². The summed E-state index contributed by atoms with van der Waals surface area (Å²) in [5.74, 6) is -0.333. The molecule has 0 fully saturated rings. The van der Waals surface area contributed by atoms with Crippen LogP contribution >= 0.6 is 11.6 Å². The zero-order chi connectivity index (χ0) is 8.69. The predicted octanol–water partition coefficient (Wildman–Crippen LogP) is 1.18. The van der Waals surface area contributed by atoms with Gasteiger partial charge in [0.25, 0.3) is 0 Å². The molecule has 0 unspecified atom stereocenters. The summed E-state index contributed by atoms with van der Waals surface area (Å²) in [4.78, 5) is 0. The van der Waals surface area contributed by atoms with E-state index in [0.29, 0.717) is 0 Å². The predicted molar refractivity (Wildman–Crippen MR) is 47.6 cm³/mol. The van der Waals surface area contributed by atoms with Crippen LogP contribution in [0.4, 0.5) is 0 Å². The Balaban J connectivity index is 0.000000218. The molecule has 1 rings (SSSR count). The second kappa shape index (κ2) is 5.56. The highest BCUT2D eigenvalue weighted by Crippen LogP contribution is 2.03. The topological polar surface area (TPSA) is 75.9 Å². The van der Waals surface area contributed by atoms with Crippen LogP contribution in [0.1, 0.15) is 0 Å². The van der Waals surface area contributed by atoms with Crippen molar-refractivity contribution in [2.75, 3.05) is 0 Å². The highest BCUT2D eigenvalue weighted by atomic mass is 35.5. The Bertz CT molecular complexity index is 206. The van der Waals surface area contributed by atoms with E-state index in [1.807, 2.05) is 30.3 Å². The first kappa shape index (κ1) is 9.78. The normalized spacial score (nSPS) is 7.73. The lowest BCUT2D eigenvalue weighted by Crippen LogP contribution is -2.20. The molecule has 0 saturated carbocycles. The van der Waals surface area contributed by atoms with Gasteiger partial charge in [-0.1, -0.05) is 29.8 Å². The van der Waals surface area contributed by atoms with Gasteiger partial charge < -0.3 is 11.5 Å². The van der Waals surface area contributed by atoms with E-state index in [0.717, 1.165) is 5.02 Å². The van der Waals surface area contributed by atoms with Crippen molar-refractivity contribution in [1.82, 2.24) is 0 Å². The van der Waals surface area contributed by atoms with Crippen LogP contribution < -0.4 is 11.5 Å². The maximum atomic E-state index is 6.06. The maximum absolute atomic E-state index is 6.06. The van der Waals surface area contributed by atoms with E-state index in [1.54, 1.807) is 0 Å². The molecule has 0 saturated heterocycles. The Hall–Kier alpha value is -1.22. The van der Waals surface area contributed by atoms with Crippen molar-refractivity contribution in [2.24, 2.45) is 11.5 Å². The second-order valence-corrected chi connectivity index (χ2v) is 2.19. The third-order valence-electron chi connectivity index (χ3n) is 0.733. The Morgan fingerprint density at radius 1 is 1.18 bits per heavy atom. The molecule has 0 aromatic heterocycles. The molecular formula is C7H10ClN3. The molecule has 5 N–H and O–H groups in total. The van der Waals surface area contributed by atoms with E-state index in [2.05, 4.69) is 11.5 Å². The second-order valence-electron chi connectivity index (χ2n) is 1.75. The number of hydrogen-bond donors (Lipinski definition) is 3. The van der Waals surface area contributed by atoms with Crippen LogP contribution in [-0.4, -0.2) is 5.96 Å². The summed E-state index contributed by atoms with van der Waals surface area (Å²) in [6.07, 6.45) is 0. The molecule has 1 aromatic rings. The Morgan fingerprint density at radius 3 is 1.73 bits per heavy atom. The largest absolute Gasteiger partial charge is 0.370 e. The van der Waals surface area contributed by atoms with Gasteiger partial charge in [0.15, 0.2) is 5.96 Å². The quantitative estimate of drug-likeness (QED) is 0.405. The summed E-state index contributed by atoms with van der Waals surface area (Å²) < 4.78 is 0. The molecule has 60 valence electrons. The number of nitrogens with two attached hydrogens (primary N) is 2. The van der Waals surface area contributed by atoms with Crippen molar-refractivity contribution in [2.45, 2.75) is 0 Å². The summed E-state index contributed by atoms with van der Waals surface area (Å²) in [6.45, 7) is 0. The van der Waals surface area contributed by atoms with E-state index in [9.17, 15) is 0 Å². The molecule has 3 nitrogen and oxygen atoms in total. The Labute approximate surface area is 70.5 Å². The van der Waals surface area contributed by atoms with E-state index >= 15 is 0 Å². The van der Waals surface area contributed by atoms with E-state index in [1.165, 1.54) is 0 Å². The van der Waals surface area contributed by atoms with Crippen LogP contribution in [0, 0.1) is 5.41 Å². The maximum Gasteiger partial charge on any atom is 0.183 e. The van der Waals surface area contributed by atoms with Crippen molar-refractivity contribution in [3.8, 4) is 0 Å². The lowest BCUT2D eigenvalue weighted by Gasteiger charge is -1.80. The van der Waals surface area contributed by atoms with Gasteiger partial charge in [0, 0.05) is 5.02 Å². The highest BCUT2D eigenvalue weighted by Gasteiger charge is 1.74. The minimum atomic E-state index is -0.333. The van der Waals surface area contributed by atoms with Crippen molar-refractivity contribution in [3.05, 3.63) is 35.4 Å². The third kappa shape index (κ3) is 8.78. The summed E-state index contributed by atoms with van der Waals surface area (Å²) in [5.41, 5.74) is 8.94. The molecule has 0 spiro atoms. The molecule has 0 bridgehead atoms. The monoisotopic (exact) mass is 171 g/mol. The molecule has 4 heteroatoms. The highest BCUT2D eigenvalue weighted by molar-refractivity contribution is 6.30. The number of guanidine groups is 1. The van der Waals surface area contributed by atoms with Crippen molar-refractivity contribution in [3.63, 3.8) is 0 Å². The van der Waals surface area contributed by atoms with Gasteiger partial charge in [-0.05, 0) is 12.1 Å². The van der Waals surface area contributed by atoms with Crippen molar-refractivity contribution < 1.29 is 0 Å².